The van der Waals surface area contributed by atoms with Crippen LogP contribution in [0.1, 0.15) is 135 Å². The standard InChI is InChI=1S/2C24H28Cl2N4O2/c2*1-14-11-20(31)22-21(14)23(28-13-27-22)29-7-9-30(10-8-29)24(32)17-4-2-3-16(17)15-5-6-18(25)19(26)12-15/h2*5-6,12-14,16-17,20,31H,2-4,7-11H2,1H3/t14-,16+,17-,20-;14-,16-,17?,20-/m11/s1. The second-order valence-corrected chi connectivity index (χ2v) is 20.2. The molecule has 0 radical (unpaired) electrons. The molecule has 1 unspecified atom stereocenters. The van der Waals surface area contributed by atoms with Crippen LogP contribution >= 0.6 is 46.4 Å². The number of hydrogen-bond acceptors (Lipinski definition) is 10. The van der Waals surface area contributed by atoms with Gasteiger partial charge >= 0.3 is 0 Å². The fourth-order valence-corrected chi connectivity index (χ4v) is 12.1. The lowest BCUT2D eigenvalue weighted by atomic mass is 9.87. The zero-order valence-corrected chi connectivity index (χ0v) is 39.4. The fourth-order valence-electron chi connectivity index (χ4n) is 11.4. The number of aliphatic hydroxyl groups excluding tert-OH is 2. The Hall–Kier alpha value is -3.78. The Balaban J connectivity index is 0.000000162. The molecule has 6 aliphatic rings. The van der Waals surface area contributed by atoms with E-state index in [4.69, 9.17) is 46.4 Å². The minimum Gasteiger partial charge on any atom is -0.387 e. The molecule has 2 saturated heterocycles. The third-order valence-electron chi connectivity index (χ3n) is 14.7. The number of halogens is 4. The molecular formula is C48H56Cl4N8O4. The molecule has 4 aromatic rings. The molecule has 4 fully saturated rings. The van der Waals surface area contributed by atoms with Gasteiger partial charge in [-0.2, -0.15) is 0 Å². The molecule has 4 aliphatic carbocycles. The Kier molecular flexibility index (Phi) is 13.6. The summed E-state index contributed by atoms with van der Waals surface area (Å²) < 4.78 is 0. The normalized spacial score (nSPS) is 27.6. The summed E-state index contributed by atoms with van der Waals surface area (Å²) in [6.45, 7) is 9.90. The van der Waals surface area contributed by atoms with Crippen LogP contribution in [0.2, 0.25) is 20.1 Å². The first kappa shape index (κ1) is 45.4. The summed E-state index contributed by atoms with van der Waals surface area (Å²) in [6.07, 6.45) is 9.40. The Morgan fingerprint density at radius 1 is 0.547 bits per heavy atom. The van der Waals surface area contributed by atoms with Crippen molar-refractivity contribution in [1.82, 2.24) is 29.7 Å². The molecule has 0 bridgehead atoms. The van der Waals surface area contributed by atoms with Gasteiger partial charge in [0, 0.05) is 75.3 Å². The first-order valence-corrected chi connectivity index (χ1v) is 24.4. The van der Waals surface area contributed by atoms with E-state index >= 15 is 0 Å². The van der Waals surface area contributed by atoms with Crippen LogP contribution in [0, 0.1) is 11.8 Å². The molecule has 8 atom stereocenters. The zero-order chi connectivity index (χ0) is 44.8. The molecule has 0 spiro atoms. The second-order valence-electron chi connectivity index (χ2n) is 18.6. The molecule has 340 valence electrons. The highest BCUT2D eigenvalue weighted by Crippen LogP contribution is 2.46. The van der Waals surface area contributed by atoms with Crippen LogP contribution in [0.4, 0.5) is 11.6 Å². The Bertz CT molecular complexity index is 2210. The number of fused-ring (bicyclic) bond motifs is 2. The summed E-state index contributed by atoms with van der Waals surface area (Å²) in [5, 5.41) is 22.8. The Morgan fingerprint density at radius 2 is 0.938 bits per heavy atom. The van der Waals surface area contributed by atoms with Crippen LogP contribution in [0.3, 0.4) is 0 Å². The summed E-state index contributed by atoms with van der Waals surface area (Å²) in [5.74, 6) is 3.19. The third-order valence-corrected chi connectivity index (χ3v) is 16.2. The van der Waals surface area contributed by atoms with Gasteiger partial charge in [0.15, 0.2) is 0 Å². The first-order chi connectivity index (χ1) is 30.9. The highest BCUT2D eigenvalue weighted by atomic mass is 35.5. The maximum atomic E-state index is 13.5. The van der Waals surface area contributed by atoms with E-state index in [1.807, 2.05) is 46.2 Å². The number of aliphatic hydroxyl groups is 2. The van der Waals surface area contributed by atoms with E-state index in [0.29, 0.717) is 59.1 Å². The molecule has 12 nitrogen and oxygen atoms in total. The molecule has 2 amide bonds. The molecule has 16 heteroatoms. The third kappa shape index (κ3) is 8.92. The van der Waals surface area contributed by atoms with Crippen LogP contribution in [-0.4, -0.2) is 104 Å². The van der Waals surface area contributed by atoms with Gasteiger partial charge in [-0.1, -0.05) is 85.2 Å². The fraction of sp³-hybridized carbons (Fsp3) is 0.542. The minimum absolute atomic E-state index is 0.00254. The van der Waals surface area contributed by atoms with E-state index in [0.717, 1.165) is 110 Å². The smallest absolute Gasteiger partial charge is 0.226 e. The zero-order valence-electron chi connectivity index (χ0n) is 36.4. The molecular weight excluding hydrogens is 894 g/mol. The molecule has 4 heterocycles. The highest BCUT2D eigenvalue weighted by Gasteiger charge is 2.41. The number of carbonyl (C=O) groups excluding carboxylic acids is 2. The molecule has 2 aromatic carbocycles. The van der Waals surface area contributed by atoms with Crippen LogP contribution in [0.5, 0.6) is 0 Å². The molecule has 10 rings (SSSR count). The van der Waals surface area contributed by atoms with E-state index in [-0.39, 0.29) is 47.3 Å². The quantitative estimate of drug-likeness (QED) is 0.193. The highest BCUT2D eigenvalue weighted by molar-refractivity contribution is 6.42. The summed E-state index contributed by atoms with van der Waals surface area (Å²) in [6, 6.07) is 11.5. The first-order valence-electron chi connectivity index (χ1n) is 22.9. The van der Waals surface area contributed by atoms with Gasteiger partial charge in [-0.15, -0.1) is 0 Å². The van der Waals surface area contributed by atoms with Gasteiger partial charge in [0.1, 0.15) is 24.3 Å². The largest absolute Gasteiger partial charge is 0.387 e. The molecule has 2 aliphatic heterocycles. The van der Waals surface area contributed by atoms with E-state index in [9.17, 15) is 19.8 Å². The number of nitrogens with zero attached hydrogens (tertiary/aromatic N) is 8. The van der Waals surface area contributed by atoms with Gasteiger partial charge in [-0.3, -0.25) is 9.59 Å². The number of hydrogen-bond donors (Lipinski definition) is 2. The van der Waals surface area contributed by atoms with Crippen molar-refractivity contribution in [3.05, 3.63) is 103 Å². The SMILES string of the molecule is C[C@@H]1C[C@@H](O)c2ncnc(N3CCN(C(=O)C4CCC[C@@H]4c4ccc(Cl)c(Cl)c4)CC3)c21.C[C@@H]1C[C@@H](O)c2ncnc(N3CCN(C(=O)[C@@H]4CCC[C@H]4c4ccc(Cl)c(Cl)c4)CC3)c21. The van der Waals surface area contributed by atoms with Gasteiger partial charge < -0.3 is 29.8 Å². The number of anilines is 2. The number of carbonyl (C=O) groups is 2. The topological polar surface area (TPSA) is 139 Å². The molecule has 2 aromatic heterocycles. The minimum atomic E-state index is -0.509. The number of rotatable bonds is 6. The van der Waals surface area contributed by atoms with Crippen molar-refractivity contribution < 1.29 is 19.8 Å². The summed E-state index contributed by atoms with van der Waals surface area (Å²) in [4.78, 5) is 53.1. The van der Waals surface area contributed by atoms with Crippen molar-refractivity contribution >= 4 is 69.9 Å². The van der Waals surface area contributed by atoms with Crippen molar-refractivity contribution in [1.29, 1.82) is 0 Å². The van der Waals surface area contributed by atoms with Crippen molar-refractivity contribution in [2.45, 2.75) is 101 Å². The monoisotopic (exact) mass is 948 g/mol. The predicted octanol–water partition coefficient (Wildman–Crippen LogP) is 9.11. The summed E-state index contributed by atoms with van der Waals surface area (Å²) >= 11 is 24.7. The Labute approximate surface area is 395 Å². The summed E-state index contributed by atoms with van der Waals surface area (Å²) in [5.41, 5.74) is 5.87. The lowest BCUT2D eigenvalue weighted by Gasteiger charge is -2.38. The number of benzene rings is 2. The average molecular weight is 951 g/mol. The van der Waals surface area contributed by atoms with Gasteiger partial charge in [0.2, 0.25) is 11.8 Å². The van der Waals surface area contributed by atoms with Gasteiger partial charge in [0.05, 0.1) is 43.7 Å². The van der Waals surface area contributed by atoms with Gasteiger partial charge in [-0.05, 0) is 97.6 Å². The van der Waals surface area contributed by atoms with Gasteiger partial charge in [-0.25, -0.2) is 19.9 Å². The maximum absolute atomic E-state index is 13.5. The summed E-state index contributed by atoms with van der Waals surface area (Å²) in [7, 11) is 0. The molecule has 2 saturated carbocycles. The van der Waals surface area contributed by atoms with Crippen molar-refractivity contribution in [3.63, 3.8) is 0 Å². The van der Waals surface area contributed by atoms with E-state index in [1.165, 1.54) is 0 Å². The van der Waals surface area contributed by atoms with Crippen molar-refractivity contribution in [2.75, 3.05) is 62.2 Å². The lowest BCUT2D eigenvalue weighted by Crippen LogP contribution is -2.51. The van der Waals surface area contributed by atoms with E-state index in [1.54, 1.807) is 12.7 Å². The molecule has 2 N–H and O–H groups in total. The number of piperazine rings is 2. The van der Waals surface area contributed by atoms with Crippen molar-refractivity contribution in [2.24, 2.45) is 11.8 Å². The van der Waals surface area contributed by atoms with Crippen LogP contribution < -0.4 is 9.80 Å². The second kappa shape index (κ2) is 19.2. The van der Waals surface area contributed by atoms with Gasteiger partial charge in [0.25, 0.3) is 0 Å². The number of amides is 2. The van der Waals surface area contributed by atoms with Crippen LogP contribution in [0.25, 0.3) is 0 Å². The van der Waals surface area contributed by atoms with Crippen LogP contribution in [0.15, 0.2) is 49.1 Å². The Morgan fingerprint density at radius 3 is 1.31 bits per heavy atom. The van der Waals surface area contributed by atoms with Crippen LogP contribution in [-0.2, 0) is 9.59 Å². The average Bonchev–Trinajstić information content (AvgIpc) is 4.12. The molecule has 64 heavy (non-hydrogen) atoms. The maximum Gasteiger partial charge on any atom is 0.226 e. The predicted molar refractivity (Wildman–Crippen MR) is 251 cm³/mol. The van der Waals surface area contributed by atoms with E-state index < -0.39 is 12.2 Å². The van der Waals surface area contributed by atoms with E-state index in [2.05, 4.69) is 43.6 Å². The number of aromatic nitrogens is 4. The van der Waals surface area contributed by atoms with Crippen molar-refractivity contribution in [3.8, 4) is 0 Å². The lowest BCUT2D eigenvalue weighted by molar-refractivity contribution is -0.136.